The fourth-order valence-corrected chi connectivity index (χ4v) is 3.34. The first kappa shape index (κ1) is 20.0. The van der Waals surface area contributed by atoms with Crippen molar-refractivity contribution in [1.29, 1.82) is 0 Å². The maximum absolute atomic E-state index is 9.41. The van der Waals surface area contributed by atoms with Crippen LogP contribution in [0.3, 0.4) is 0 Å². The number of rotatable bonds is 9. The summed E-state index contributed by atoms with van der Waals surface area (Å²) in [6.07, 6.45) is 3.18. The molecular weight excluding hydrogens is 352 g/mol. The maximum atomic E-state index is 9.41. The van der Waals surface area contributed by atoms with Gasteiger partial charge in [0, 0.05) is 6.42 Å². The molecule has 1 aromatic heterocycles. The number of hydrogen-bond donors (Lipinski definition) is 1. The van der Waals surface area contributed by atoms with E-state index in [0.717, 1.165) is 40.3 Å². The first-order valence-electron chi connectivity index (χ1n) is 9.55. The van der Waals surface area contributed by atoms with Crippen LogP contribution >= 0.6 is 0 Å². The Morgan fingerprint density at radius 2 is 1.93 bits per heavy atom. The van der Waals surface area contributed by atoms with Crippen molar-refractivity contribution < 1.29 is 14.6 Å². The van der Waals surface area contributed by atoms with Gasteiger partial charge >= 0.3 is 0 Å². The van der Waals surface area contributed by atoms with E-state index < -0.39 is 0 Å². The summed E-state index contributed by atoms with van der Waals surface area (Å²) in [6.45, 7) is 9.16. The van der Waals surface area contributed by atoms with Gasteiger partial charge in [-0.05, 0) is 61.2 Å². The number of aromatic nitrogens is 2. The third-order valence-corrected chi connectivity index (χ3v) is 4.96. The van der Waals surface area contributed by atoms with Crippen LogP contribution in [0.15, 0.2) is 43.0 Å². The van der Waals surface area contributed by atoms with E-state index in [2.05, 4.69) is 37.1 Å². The van der Waals surface area contributed by atoms with Crippen molar-refractivity contribution in [2.24, 2.45) is 0 Å². The van der Waals surface area contributed by atoms with Gasteiger partial charge in [0.1, 0.15) is 12.4 Å². The van der Waals surface area contributed by atoms with Gasteiger partial charge in [-0.3, -0.25) is 0 Å². The molecule has 0 saturated carbocycles. The molecule has 0 atom stereocenters. The van der Waals surface area contributed by atoms with Crippen molar-refractivity contribution in [3.8, 4) is 11.5 Å². The fraction of sp³-hybridized carbons (Fsp3) is 0.348. The molecule has 0 saturated heterocycles. The lowest BCUT2D eigenvalue weighted by Crippen LogP contribution is -2.12. The van der Waals surface area contributed by atoms with Crippen LogP contribution in [0.5, 0.6) is 11.5 Å². The van der Waals surface area contributed by atoms with E-state index in [4.69, 9.17) is 14.5 Å². The number of aliphatic hydroxyl groups excluding tert-OH is 1. The topological polar surface area (TPSA) is 56.5 Å². The van der Waals surface area contributed by atoms with Crippen LogP contribution in [0.25, 0.3) is 11.0 Å². The number of methoxy groups -OCH3 is 1. The van der Waals surface area contributed by atoms with Gasteiger partial charge < -0.3 is 19.1 Å². The Morgan fingerprint density at radius 3 is 2.64 bits per heavy atom. The zero-order valence-corrected chi connectivity index (χ0v) is 16.9. The second-order valence-electron chi connectivity index (χ2n) is 6.90. The normalized spacial score (nSPS) is 11.0. The molecule has 0 bridgehead atoms. The molecule has 0 aliphatic heterocycles. The Labute approximate surface area is 166 Å². The Morgan fingerprint density at radius 1 is 1.14 bits per heavy atom. The average molecular weight is 380 g/mol. The molecule has 148 valence electrons. The predicted molar refractivity (Wildman–Crippen MR) is 112 cm³/mol. The minimum Gasteiger partial charge on any atom is -0.493 e. The summed E-state index contributed by atoms with van der Waals surface area (Å²) in [5.41, 5.74) is 5.61. The van der Waals surface area contributed by atoms with Gasteiger partial charge in [0.05, 0.1) is 31.3 Å². The molecule has 0 spiro atoms. The van der Waals surface area contributed by atoms with Crippen molar-refractivity contribution in [3.05, 3.63) is 65.5 Å². The number of allylic oxidation sites excluding steroid dienone is 1. The Hall–Kier alpha value is -2.79. The third-order valence-electron chi connectivity index (χ3n) is 4.96. The number of benzene rings is 2. The third kappa shape index (κ3) is 4.20. The van der Waals surface area contributed by atoms with E-state index in [9.17, 15) is 5.11 Å². The van der Waals surface area contributed by atoms with E-state index in [1.807, 2.05) is 24.3 Å². The number of ether oxygens (including phenoxy) is 2. The molecule has 0 aliphatic rings. The number of hydrogen-bond acceptors (Lipinski definition) is 4. The van der Waals surface area contributed by atoms with E-state index in [1.54, 1.807) is 7.11 Å². The summed E-state index contributed by atoms with van der Waals surface area (Å²) in [5, 5.41) is 9.41. The molecule has 5 nitrogen and oxygen atoms in total. The zero-order valence-electron chi connectivity index (χ0n) is 16.9. The fourth-order valence-electron chi connectivity index (χ4n) is 3.34. The largest absolute Gasteiger partial charge is 0.493 e. The summed E-state index contributed by atoms with van der Waals surface area (Å²) in [5.74, 6) is 2.31. The molecule has 0 unspecified atom stereocenters. The molecule has 2 aromatic carbocycles. The second-order valence-corrected chi connectivity index (χ2v) is 6.90. The van der Waals surface area contributed by atoms with Gasteiger partial charge in [-0.1, -0.05) is 12.1 Å². The number of nitrogens with zero attached hydrogens (tertiary/aromatic N) is 2. The van der Waals surface area contributed by atoms with Gasteiger partial charge in [-0.25, -0.2) is 4.98 Å². The van der Waals surface area contributed by atoms with Crippen molar-refractivity contribution in [3.63, 3.8) is 0 Å². The Kier molecular flexibility index (Phi) is 6.37. The highest BCUT2D eigenvalue weighted by Crippen LogP contribution is 2.28. The van der Waals surface area contributed by atoms with Crippen molar-refractivity contribution in [2.45, 2.75) is 33.2 Å². The number of aryl methyl sites for hydroxylation is 2. The van der Waals surface area contributed by atoms with Gasteiger partial charge in [-0.15, -0.1) is 6.58 Å². The minimum atomic E-state index is 0.0702. The molecule has 0 fully saturated rings. The van der Waals surface area contributed by atoms with Crippen LogP contribution < -0.4 is 9.47 Å². The van der Waals surface area contributed by atoms with Crippen molar-refractivity contribution in [1.82, 2.24) is 9.55 Å². The molecule has 5 heteroatoms. The number of imidazole rings is 1. The molecule has 28 heavy (non-hydrogen) atoms. The van der Waals surface area contributed by atoms with Gasteiger partial charge in [0.25, 0.3) is 0 Å². The molecule has 0 aliphatic carbocycles. The average Bonchev–Trinajstić information content (AvgIpc) is 3.00. The van der Waals surface area contributed by atoms with Crippen molar-refractivity contribution in [2.75, 3.05) is 20.3 Å². The predicted octanol–water partition coefficient (Wildman–Crippen LogP) is 4.00. The molecular formula is C23H28N2O3. The number of aliphatic hydroxyl groups is 1. The summed E-state index contributed by atoms with van der Waals surface area (Å²) < 4.78 is 13.6. The monoisotopic (exact) mass is 380 g/mol. The SMILES string of the molecule is C=CCc1ccc(OCCn2c(CCO)nc3cc(C)c(C)cc32)c(OC)c1. The summed E-state index contributed by atoms with van der Waals surface area (Å²) in [4.78, 5) is 4.71. The highest BCUT2D eigenvalue weighted by atomic mass is 16.5. The first-order chi connectivity index (χ1) is 13.6. The number of fused-ring (bicyclic) bond motifs is 1. The van der Waals surface area contributed by atoms with Crippen molar-refractivity contribution >= 4 is 11.0 Å². The van der Waals surface area contributed by atoms with E-state index in [0.29, 0.717) is 19.6 Å². The second kappa shape index (κ2) is 8.93. The molecule has 3 aromatic rings. The molecule has 1 heterocycles. The first-order valence-corrected chi connectivity index (χ1v) is 9.55. The standard InChI is InChI=1S/C23H28N2O3/c1-5-6-18-7-8-21(22(15-18)27-4)28-12-10-25-20-14-17(3)16(2)13-19(20)24-23(25)9-11-26/h5,7-8,13-15,26H,1,6,9-12H2,2-4H3. The molecule has 0 amide bonds. The molecule has 0 radical (unpaired) electrons. The maximum Gasteiger partial charge on any atom is 0.161 e. The highest BCUT2D eigenvalue weighted by Gasteiger charge is 2.13. The van der Waals surface area contributed by atoms with E-state index >= 15 is 0 Å². The van der Waals surface area contributed by atoms with E-state index in [1.165, 1.54) is 11.1 Å². The summed E-state index contributed by atoms with van der Waals surface area (Å²) in [7, 11) is 1.65. The highest BCUT2D eigenvalue weighted by molar-refractivity contribution is 5.78. The zero-order chi connectivity index (χ0) is 20.1. The van der Waals surface area contributed by atoms with Crippen LogP contribution in [0.4, 0.5) is 0 Å². The Bertz CT molecular complexity index is 976. The molecule has 3 rings (SSSR count). The minimum absolute atomic E-state index is 0.0702. The van der Waals surface area contributed by atoms with E-state index in [-0.39, 0.29) is 6.61 Å². The summed E-state index contributed by atoms with van der Waals surface area (Å²) >= 11 is 0. The van der Waals surface area contributed by atoms with Crippen LogP contribution in [0, 0.1) is 13.8 Å². The van der Waals surface area contributed by atoms with Crippen LogP contribution in [-0.2, 0) is 19.4 Å². The lowest BCUT2D eigenvalue weighted by atomic mass is 10.1. The van der Waals surface area contributed by atoms with Gasteiger partial charge in [-0.2, -0.15) is 0 Å². The van der Waals surface area contributed by atoms with Gasteiger partial charge in [0.15, 0.2) is 11.5 Å². The van der Waals surface area contributed by atoms with Gasteiger partial charge in [0.2, 0.25) is 0 Å². The Balaban J connectivity index is 1.81. The smallest absolute Gasteiger partial charge is 0.161 e. The lowest BCUT2D eigenvalue weighted by Gasteiger charge is -2.14. The lowest BCUT2D eigenvalue weighted by molar-refractivity contribution is 0.273. The quantitative estimate of drug-likeness (QED) is 0.570. The van der Waals surface area contributed by atoms with Crippen LogP contribution in [-0.4, -0.2) is 35.0 Å². The molecule has 1 N–H and O–H groups in total. The van der Waals surface area contributed by atoms with Crippen LogP contribution in [0.1, 0.15) is 22.5 Å². The summed E-state index contributed by atoms with van der Waals surface area (Å²) in [6, 6.07) is 10.2. The van der Waals surface area contributed by atoms with Crippen LogP contribution in [0.2, 0.25) is 0 Å².